The Morgan fingerprint density at radius 2 is 1.83 bits per heavy atom. The number of nitrogens with zero attached hydrogens (tertiary/aromatic N) is 8. The van der Waals surface area contributed by atoms with E-state index in [9.17, 15) is 4.79 Å². The minimum Gasteiger partial charge on any atom is -0.480 e. The normalized spacial score (nSPS) is 12.3. The van der Waals surface area contributed by atoms with Gasteiger partial charge in [-0.1, -0.05) is 24.3 Å². The molecule has 1 aromatic carbocycles. The minimum absolute atomic E-state index is 0.214. The molecule has 1 aliphatic rings. The summed E-state index contributed by atoms with van der Waals surface area (Å²) in [6, 6.07) is 10.1. The van der Waals surface area contributed by atoms with Gasteiger partial charge in [0.15, 0.2) is 5.82 Å². The molecule has 0 atom stereocenters. The van der Waals surface area contributed by atoms with E-state index in [1.54, 1.807) is 16.9 Å². The summed E-state index contributed by atoms with van der Waals surface area (Å²) in [5, 5.41) is 25.4. The highest BCUT2D eigenvalue weighted by Crippen LogP contribution is 2.40. The van der Waals surface area contributed by atoms with E-state index in [1.807, 2.05) is 37.4 Å². The van der Waals surface area contributed by atoms with Gasteiger partial charge in [-0.3, -0.25) is 18.8 Å². The van der Waals surface area contributed by atoms with Crippen LogP contribution < -0.4 is 5.32 Å². The largest absolute Gasteiger partial charge is 0.480 e. The molecule has 0 spiro atoms. The Balaban J connectivity index is 1.35. The summed E-state index contributed by atoms with van der Waals surface area (Å²) in [4.78, 5) is 20.2. The minimum atomic E-state index is -0.959. The predicted molar refractivity (Wildman–Crippen MR) is 132 cm³/mol. The van der Waals surface area contributed by atoms with E-state index in [-0.39, 0.29) is 6.54 Å². The van der Waals surface area contributed by atoms with E-state index in [1.165, 1.54) is 4.68 Å². The van der Waals surface area contributed by atoms with Crippen molar-refractivity contribution in [1.29, 1.82) is 0 Å². The summed E-state index contributed by atoms with van der Waals surface area (Å²) in [5.41, 5.74) is 8.13. The molecule has 0 bridgehead atoms. The molecule has 0 amide bonds. The van der Waals surface area contributed by atoms with Gasteiger partial charge < -0.3 is 10.4 Å². The van der Waals surface area contributed by atoms with Gasteiger partial charge in [0.05, 0.1) is 23.3 Å². The summed E-state index contributed by atoms with van der Waals surface area (Å²) in [6.45, 7) is -0.214. The molecule has 4 heterocycles. The SMILES string of the molecule is Cn1cc(-c2ccc(-c3c4c(nn3C)CCc3cnc(Nc5ccn(CC(=O)O)n5)nc3-4)cc2)cn1. The number of carbonyl (C=O) groups is 1. The van der Waals surface area contributed by atoms with Gasteiger partial charge in [-0.2, -0.15) is 15.3 Å². The zero-order chi connectivity index (χ0) is 24.8. The Hall–Kier alpha value is -4.80. The lowest BCUT2D eigenvalue weighted by Gasteiger charge is -2.17. The first-order valence-corrected chi connectivity index (χ1v) is 11.5. The quantitative estimate of drug-likeness (QED) is 0.379. The van der Waals surface area contributed by atoms with Crippen LogP contribution in [-0.2, 0) is 38.3 Å². The van der Waals surface area contributed by atoms with E-state index in [0.29, 0.717) is 11.8 Å². The molecule has 0 aliphatic heterocycles. The molecule has 1 aliphatic carbocycles. The van der Waals surface area contributed by atoms with Crippen molar-refractivity contribution in [2.75, 3.05) is 5.32 Å². The standard InChI is InChI=1S/C25H23N9O2/c1-32-13-18(12-27-32)15-3-5-16(6-4-15)24-22-19(30-33(24)2)8-7-17-11-26-25(29-23(17)22)28-20-9-10-34(31-20)14-21(35)36/h3-6,9-13H,7-8,14H2,1-2H3,(H,35,36)(H,26,28,29,31). The van der Waals surface area contributed by atoms with Gasteiger partial charge in [0.2, 0.25) is 5.95 Å². The van der Waals surface area contributed by atoms with Crippen LogP contribution in [0.2, 0.25) is 0 Å². The summed E-state index contributed by atoms with van der Waals surface area (Å²) >= 11 is 0. The third-order valence-electron chi connectivity index (χ3n) is 6.23. The first-order chi connectivity index (χ1) is 17.4. The second-order valence-electron chi connectivity index (χ2n) is 8.76. The highest BCUT2D eigenvalue weighted by Gasteiger charge is 2.27. The number of carboxylic acid groups (broad SMARTS) is 1. The molecular weight excluding hydrogens is 458 g/mol. The first kappa shape index (κ1) is 21.7. The fourth-order valence-electron chi connectivity index (χ4n) is 4.61. The number of aliphatic carboxylic acids is 1. The topological polar surface area (TPSA) is 129 Å². The van der Waals surface area contributed by atoms with Gasteiger partial charge in [-0.25, -0.2) is 9.97 Å². The number of aromatic nitrogens is 8. The van der Waals surface area contributed by atoms with Crippen LogP contribution in [-0.4, -0.2) is 50.4 Å². The van der Waals surface area contributed by atoms with Gasteiger partial charge in [0.1, 0.15) is 6.54 Å². The summed E-state index contributed by atoms with van der Waals surface area (Å²) in [6.07, 6.45) is 8.91. The number of hydrogen-bond donors (Lipinski definition) is 2. The zero-order valence-electron chi connectivity index (χ0n) is 19.8. The number of fused-ring (bicyclic) bond motifs is 3. The van der Waals surface area contributed by atoms with E-state index in [2.05, 4.69) is 44.8 Å². The number of anilines is 2. The van der Waals surface area contributed by atoms with Crippen LogP contribution in [0, 0.1) is 0 Å². The molecule has 4 aromatic heterocycles. The molecule has 180 valence electrons. The summed E-state index contributed by atoms with van der Waals surface area (Å²) < 4.78 is 5.05. The molecule has 5 aromatic rings. The monoisotopic (exact) mass is 481 g/mol. The van der Waals surface area contributed by atoms with Crippen molar-refractivity contribution in [1.82, 2.24) is 39.3 Å². The maximum Gasteiger partial charge on any atom is 0.325 e. The summed E-state index contributed by atoms with van der Waals surface area (Å²) in [5.74, 6) is -0.0895. The molecule has 0 fully saturated rings. The Bertz CT molecular complexity index is 1590. The van der Waals surface area contributed by atoms with Crippen molar-refractivity contribution in [3.8, 4) is 33.6 Å². The third-order valence-corrected chi connectivity index (χ3v) is 6.23. The van der Waals surface area contributed by atoms with E-state index in [0.717, 1.165) is 57.7 Å². The fraction of sp³-hybridized carbons (Fsp3) is 0.200. The Morgan fingerprint density at radius 3 is 2.58 bits per heavy atom. The number of benzene rings is 1. The van der Waals surface area contributed by atoms with Gasteiger partial charge in [0, 0.05) is 55.4 Å². The molecular formula is C25H23N9O2. The van der Waals surface area contributed by atoms with Crippen molar-refractivity contribution in [2.24, 2.45) is 14.1 Å². The maximum atomic E-state index is 10.9. The smallest absolute Gasteiger partial charge is 0.325 e. The highest BCUT2D eigenvalue weighted by atomic mass is 16.4. The number of carboxylic acids is 1. The third kappa shape index (κ3) is 3.90. The number of hydrogen-bond acceptors (Lipinski definition) is 7. The highest BCUT2D eigenvalue weighted by molar-refractivity contribution is 5.85. The van der Waals surface area contributed by atoms with Gasteiger partial charge in [-0.15, -0.1) is 0 Å². The lowest BCUT2D eigenvalue weighted by atomic mass is 9.91. The lowest BCUT2D eigenvalue weighted by Crippen LogP contribution is -2.10. The molecule has 11 heteroatoms. The molecule has 0 saturated heterocycles. The first-order valence-electron chi connectivity index (χ1n) is 11.5. The molecule has 11 nitrogen and oxygen atoms in total. The summed E-state index contributed by atoms with van der Waals surface area (Å²) in [7, 11) is 3.86. The maximum absolute atomic E-state index is 10.9. The van der Waals surface area contributed by atoms with Crippen molar-refractivity contribution in [3.05, 3.63) is 66.4 Å². The lowest BCUT2D eigenvalue weighted by molar-refractivity contribution is -0.137. The van der Waals surface area contributed by atoms with E-state index >= 15 is 0 Å². The Labute approximate surface area is 206 Å². The van der Waals surface area contributed by atoms with Crippen molar-refractivity contribution in [3.63, 3.8) is 0 Å². The molecule has 0 unspecified atom stereocenters. The molecule has 0 radical (unpaired) electrons. The van der Waals surface area contributed by atoms with Crippen LogP contribution in [0.3, 0.4) is 0 Å². The molecule has 0 saturated carbocycles. The average Bonchev–Trinajstić information content (AvgIpc) is 3.57. The average molecular weight is 482 g/mol. The van der Waals surface area contributed by atoms with Crippen LogP contribution in [0.5, 0.6) is 0 Å². The van der Waals surface area contributed by atoms with Crippen LogP contribution in [0.4, 0.5) is 11.8 Å². The predicted octanol–water partition coefficient (Wildman–Crippen LogP) is 3.07. The number of nitrogens with one attached hydrogen (secondary N) is 1. The van der Waals surface area contributed by atoms with Crippen LogP contribution in [0.15, 0.2) is 55.1 Å². The van der Waals surface area contributed by atoms with Crippen LogP contribution >= 0.6 is 0 Å². The van der Waals surface area contributed by atoms with Crippen molar-refractivity contribution < 1.29 is 9.90 Å². The Morgan fingerprint density at radius 1 is 1.03 bits per heavy atom. The fourth-order valence-corrected chi connectivity index (χ4v) is 4.61. The Kier molecular flexibility index (Phi) is 5.10. The second kappa shape index (κ2) is 8.45. The van der Waals surface area contributed by atoms with Crippen LogP contribution in [0.25, 0.3) is 33.6 Å². The zero-order valence-corrected chi connectivity index (χ0v) is 19.8. The second-order valence-corrected chi connectivity index (χ2v) is 8.76. The van der Waals surface area contributed by atoms with Crippen molar-refractivity contribution in [2.45, 2.75) is 19.4 Å². The van der Waals surface area contributed by atoms with Gasteiger partial charge >= 0.3 is 5.97 Å². The van der Waals surface area contributed by atoms with Gasteiger partial charge in [0.25, 0.3) is 0 Å². The molecule has 6 rings (SSSR count). The number of aryl methyl sites for hydroxylation is 4. The molecule has 36 heavy (non-hydrogen) atoms. The molecule has 2 N–H and O–H groups in total. The number of rotatable bonds is 6. The van der Waals surface area contributed by atoms with Gasteiger partial charge in [-0.05, 0) is 24.0 Å². The van der Waals surface area contributed by atoms with Crippen LogP contribution in [0.1, 0.15) is 11.3 Å². The van der Waals surface area contributed by atoms with Crippen molar-refractivity contribution >= 4 is 17.7 Å². The van der Waals surface area contributed by atoms with E-state index < -0.39 is 5.97 Å². The van der Waals surface area contributed by atoms with E-state index in [4.69, 9.17) is 15.2 Å².